The molecule has 0 aliphatic carbocycles. The molecule has 29 heavy (non-hydrogen) atoms. The predicted octanol–water partition coefficient (Wildman–Crippen LogP) is 3.80. The molecule has 0 amide bonds. The van der Waals surface area contributed by atoms with Gasteiger partial charge in [0, 0.05) is 32.2 Å². The molecule has 0 aliphatic heterocycles. The Morgan fingerprint density at radius 3 is 2.38 bits per heavy atom. The van der Waals surface area contributed by atoms with Gasteiger partial charge in [0.25, 0.3) is 5.56 Å². The van der Waals surface area contributed by atoms with E-state index in [1.165, 1.54) is 29.8 Å². The number of allylic oxidation sites excluding steroid dienone is 1. The molecule has 0 N–H and O–H groups in total. The zero-order valence-electron chi connectivity index (χ0n) is 16.2. The molecule has 1 heterocycles. The predicted molar refractivity (Wildman–Crippen MR) is 112 cm³/mol. The molecule has 0 bridgehead atoms. The fraction of sp³-hybridized carbons (Fsp3) is 0.143. The number of para-hydroxylation sites is 1. The molecule has 3 aromatic rings. The number of carbonyl (C=O) groups excluding carboxylic acids is 1. The summed E-state index contributed by atoms with van der Waals surface area (Å²) in [6, 6.07) is 13.8. The number of hydrogen-bond donors (Lipinski definition) is 0. The summed E-state index contributed by atoms with van der Waals surface area (Å²) in [4.78, 5) is 27.5. The first-order valence-corrected chi connectivity index (χ1v) is 8.86. The van der Waals surface area contributed by atoms with E-state index in [9.17, 15) is 18.2 Å². The second-order valence-corrected chi connectivity index (χ2v) is 6.65. The van der Waals surface area contributed by atoms with Crippen LogP contribution in [0.3, 0.4) is 0 Å². The molecule has 5 nitrogen and oxygen atoms in total. The lowest BCUT2D eigenvalue weighted by atomic mass is 10.0. The Morgan fingerprint density at radius 1 is 1.10 bits per heavy atom. The minimum Gasteiger partial charge on any atom is -0.504 e. The molecule has 2 aromatic carbocycles. The Kier molecular flexibility index (Phi) is 5.82. The molecule has 0 spiro atoms. The van der Waals surface area contributed by atoms with E-state index < -0.39 is 30.1 Å². The van der Waals surface area contributed by atoms with Gasteiger partial charge in [0.15, 0.2) is 5.78 Å². The largest absolute Gasteiger partial charge is 0.796 e. The lowest BCUT2D eigenvalue weighted by molar-refractivity contribution is 0.104. The molecular weight excluding hydrogens is 377 g/mol. The fourth-order valence-corrected chi connectivity index (χ4v) is 3.03. The molecule has 0 unspecified atom stereocenters. The van der Waals surface area contributed by atoms with Crippen LogP contribution >= 0.6 is 0 Å². The van der Waals surface area contributed by atoms with Crippen LogP contribution in [-0.4, -0.2) is 31.9 Å². The Labute approximate surface area is 167 Å². The SMILES string of the molecule is CN(C)c1ccc(/C=C/C(=O)c2c(OB(F)F)c3ccccc3n(C)c2=O)cc1. The van der Waals surface area contributed by atoms with Crippen molar-refractivity contribution in [2.45, 2.75) is 0 Å². The van der Waals surface area contributed by atoms with Gasteiger partial charge in [-0.25, -0.2) is 8.63 Å². The van der Waals surface area contributed by atoms with Crippen molar-refractivity contribution < 1.29 is 18.1 Å². The van der Waals surface area contributed by atoms with Crippen molar-refractivity contribution in [1.82, 2.24) is 4.57 Å². The molecule has 0 saturated carbocycles. The van der Waals surface area contributed by atoms with Gasteiger partial charge in [0.1, 0.15) is 11.3 Å². The van der Waals surface area contributed by atoms with Gasteiger partial charge in [0.05, 0.1) is 5.52 Å². The van der Waals surface area contributed by atoms with Crippen molar-refractivity contribution in [2.24, 2.45) is 7.05 Å². The second kappa shape index (κ2) is 8.30. The highest BCUT2D eigenvalue weighted by Gasteiger charge is 2.27. The van der Waals surface area contributed by atoms with Crippen LogP contribution in [0, 0.1) is 0 Å². The Morgan fingerprint density at radius 2 is 1.76 bits per heavy atom. The van der Waals surface area contributed by atoms with Crippen LogP contribution in [0.4, 0.5) is 14.3 Å². The molecule has 1 aromatic heterocycles. The molecule has 0 fully saturated rings. The molecule has 0 saturated heterocycles. The molecule has 148 valence electrons. The molecule has 8 heteroatoms. The first kappa shape index (κ1) is 20.3. The molecule has 0 aliphatic rings. The third kappa shape index (κ3) is 4.21. The van der Waals surface area contributed by atoms with E-state index >= 15 is 0 Å². The van der Waals surface area contributed by atoms with E-state index in [0.29, 0.717) is 5.52 Å². The molecular formula is C21H19BF2N2O3. The van der Waals surface area contributed by atoms with E-state index in [2.05, 4.69) is 4.65 Å². The average Bonchev–Trinajstić information content (AvgIpc) is 2.70. The summed E-state index contributed by atoms with van der Waals surface area (Å²) >= 11 is 0. The van der Waals surface area contributed by atoms with Crippen molar-refractivity contribution in [3.05, 3.63) is 76.1 Å². The summed E-state index contributed by atoms with van der Waals surface area (Å²) in [5.74, 6) is -1.11. The zero-order chi connectivity index (χ0) is 21.1. The average molecular weight is 396 g/mol. The van der Waals surface area contributed by atoms with Gasteiger partial charge in [0.2, 0.25) is 0 Å². The van der Waals surface area contributed by atoms with Crippen LogP contribution in [0.2, 0.25) is 0 Å². The van der Waals surface area contributed by atoms with E-state index in [4.69, 9.17) is 0 Å². The van der Waals surface area contributed by atoms with Crippen LogP contribution in [0.5, 0.6) is 5.75 Å². The summed E-state index contributed by atoms with van der Waals surface area (Å²) in [6.45, 7) is 0. The Hall–Kier alpha value is -3.42. The normalized spacial score (nSPS) is 11.1. The first-order valence-electron chi connectivity index (χ1n) is 8.86. The fourth-order valence-electron chi connectivity index (χ4n) is 3.03. The van der Waals surface area contributed by atoms with Crippen molar-refractivity contribution in [1.29, 1.82) is 0 Å². The maximum Gasteiger partial charge on any atom is 0.796 e. The number of fused-ring (bicyclic) bond motifs is 1. The lowest BCUT2D eigenvalue weighted by Gasteiger charge is -2.14. The van der Waals surface area contributed by atoms with Crippen molar-refractivity contribution in [3.8, 4) is 5.75 Å². The third-order valence-electron chi connectivity index (χ3n) is 4.55. The number of nitrogens with zero attached hydrogens (tertiary/aromatic N) is 2. The highest BCUT2D eigenvalue weighted by atomic mass is 19.2. The number of benzene rings is 2. The number of hydrogen-bond acceptors (Lipinski definition) is 4. The minimum absolute atomic E-state index is 0.266. The highest BCUT2D eigenvalue weighted by Crippen LogP contribution is 2.29. The molecule has 0 atom stereocenters. The second-order valence-electron chi connectivity index (χ2n) is 6.65. The Bertz CT molecular complexity index is 1140. The highest BCUT2D eigenvalue weighted by molar-refractivity contribution is 6.36. The number of ketones is 1. The van der Waals surface area contributed by atoms with Gasteiger partial charge in [-0.15, -0.1) is 0 Å². The van der Waals surface area contributed by atoms with Gasteiger partial charge < -0.3 is 14.1 Å². The standard InChI is InChI=1S/C21H19BF2N2O3/c1-25(2)15-11-8-14(9-12-15)10-13-18(27)19-20(29-22(23)24)16-6-4-5-7-17(16)26(3)21(19)28/h4-13H,1-3H3/b13-10+. The topological polar surface area (TPSA) is 51.5 Å². The minimum atomic E-state index is -3.17. The third-order valence-corrected chi connectivity index (χ3v) is 4.55. The van der Waals surface area contributed by atoms with E-state index in [0.717, 1.165) is 11.3 Å². The quantitative estimate of drug-likeness (QED) is 0.361. The Balaban J connectivity index is 2.06. The number of carbonyl (C=O) groups is 1. The van der Waals surface area contributed by atoms with E-state index in [1.807, 2.05) is 43.3 Å². The van der Waals surface area contributed by atoms with Crippen LogP contribution in [-0.2, 0) is 7.05 Å². The number of aromatic nitrogens is 1. The van der Waals surface area contributed by atoms with Gasteiger partial charge >= 0.3 is 7.47 Å². The van der Waals surface area contributed by atoms with Crippen LogP contribution in [0.1, 0.15) is 15.9 Å². The van der Waals surface area contributed by atoms with E-state index in [1.54, 1.807) is 18.2 Å². The number of halogens is 2. The zero-order valence-corrected chi connectivity index (χ0v) is 16.2. The summed E-state index contributed by atoms with van der Waals surface area (Å²) in [7, 11) is 2.14. The van der Waals surface area contributed by atoms with Crippen LogP contribution < -0.4 is 15.1 Å². The first-order chi connectivity index (χ1) is 13.8. The van der Waals surface area contributed by atoms with Crippen molar-refractivity contribution in [3.63, 3.8) is 0 Å². The number of rotatable bonds is 6. The monoisotopic (exact) mass is 396 g/mol. The maximum absolute atomic E-state index is 13.0. The number of anilines is 1. The molecule has 3 rings (SSSR count). The van der Waals surface area contributed by atoms with Gasteiger partial charge in [-0.3, -0.25) is 9.59 Å². The summed E-state index contributed by atoms with van der Waals surface area (Å²) < 4.78 is 31.9. The van der Waals surface area contributed by atoms with Crippen LogP contribution in [0.15, 0.2) is 59.4 Å². The lowest BCUT2D eigenvalue weighted by Crippen LogP contribution is -2.26. The summed E-state index contributed by atoms with van der Waals surface area (Å²) in [5, 5.41) is 0.266. The van der Waals surface area contributed by atoms with Gasteiger partial charge in [-0.2, -0.15) is 0 Å². The van der Waals surface area contributed by atoms with Gasteiger partial charge in [-0.05, 0) is 35.9 Å². The van der Waals surface area contributed by atoms with Gasteiger partial charge in [-0.1, -0.05) is 30.3 Å². The number of pyridine rings is 1. The maximum atomic E-state index is 13.0. The van der Waals surface area contributed by atoms with Crippen molar-refractivity contribution in [2.75, 3.05) is 19.0 Å². The summed E-state index contributed by atoms with van der Waals surface area (Å²) in [6.07, 6.45) is 2.72. The van der Waals surface area contributed by atoms with E-state index in [-0.39, 0.29) is 5.39 Å². The molecule has 0 radical (unpaired) electrons. The summed E-state index contributed by atoms with van der Waals surface area (Å²) in [5.41, 5.74) is 1.000. The smallest absolute Gasteiger partial charge is 0.504 e. The van der Waals surface area contributed by atoms with Crippen molar-refractivity contribution >= 4 is 35.9 Å². The van der Waals surface area contributed by atoms with Crippen LogP contribution in [0.25, 0.3) is 17.0 Å². The number of aryl methyl sites for hydroxylation is 1.